The van der Waals surface area contributed by atoms with Crippen molar-refractivity contribution in [2.24, 2.45) is 5.73 Å². The molecule has 2 N–H and O–H groups in total. The highest BCUT2D eigenvalue weighted by molar-refractivity contribution is 9.10. The van der Waals surface area contributed by atoms with Crippen molar-refractivity contribution < 1.29 is 4.74 Å². The number of ether oxygens (including phenoxy) is 1. The lowest BCUT2D eigenvalue weighted by atomic mass is 10.3. The second-order valence-electron chi connectivity index (χ2n) is 3.33. The minimum absolute atomic E-state index is 0.635. The molecule has 0 aliphatic heterocycles. The van der Waals surface area contributed by atoms with Crippen LogP contribution in [0, 0.1) is 0 Å². The molecule has 2 rings (SSSR count). The van der Waals surface area contributed by atoms with Crippen LogP contribution in [0.3, 0.4) is 0 Å². The zero-order valence-corrected chi connectivity index (χ0v) is 11.4. The lowest BCUT2D eigenvalue weighted by Gasteiger charge is -2.02. The summed E-state index contributed by atoms with van der Waals surface area (Å²) >= 11 is 5.19. The van der Waals surface area contributed by atoms with Crippen molar-refractivity contribution in [2.75, 3.05) is 13.2 Å². The SMILES string of the molecule is CCOc1cc(Br)c2nc(CCN)sc2c1. The number of hydrogen-bond donors (Lipinski definition) is 1. The number of hydrogen-bond acceptors (Lipinski definition) is 4. The van der Waals surface area contributed by atoms with Gasteiger partial charge in [0.1, 0.15) is 5.75 Å². The molecule has 3 nitrogen and oxygen atoms in total. The minimum atomic E-state index is 0.635. The maximum atomic E-state index is 5.53. The van der Waals surface area contributed by atoms with Gasteiger partial charge in [-0.05, 0) is 41.5 Å². The fourth-order valence-electron chi connectivity index (χ4n) is 1.49. The molecule has 0 saturated heterocycles. The van der Waals surface area contributed by atoms with E-state index < -0.39 is 0 Å². The van der Waals surface area contributed by atoms with Crippen molar-refractivity contribution in [1.82, 2.24) is 4.98 Å². The number of fused-ring (bicyclic) bond motifs is 1. The second-order valence-corrected chi connectivity index (χ2v) is 5.30. The van der Waals surface area contributed by atoms with Gasteiger partial charge in [0.2, 0.25) is 0 Å². The molecular formula is C11H13BrN2OS. The molecular weight excluding hydrogens is 288 g/mol. The Morgan fingerprint density at radius 3 is 3.00 bits per heavy atom. The number of aromatic nitrogens is 1. The quantitative estimate of drug-likeness (QED) is 0.944. The number of rotatable bonds is 4. The third-order valence-corrected chi connectivity index (χ3v) is 3.80. The summed E-state index contributed by atoms with van der Waals surface area (Å²) in [5, 5.41) is 1.08. The lowest BCUT2D eigenvalue weighted by molar-refractivity contribution is 0.340. The van der Waals surface area contributed by atoms with Crippen molar-refractivity contribution in [3.8, 4) is 5.75 Å². The van der Waals surface area contributed by atoms with Crippen molar-refractivity contribution in [2.45, 2.75) is 13.3 Å². The monoisotopic (exact) mass is 300 g/mol. The first-order chi connectivity index (χ1) is 7.74. The predicted molar refractivity (Wildman–Crippen MR) is 71.2 cm³/mol. The zero-order chi connectivity index (χ0) is 11.5. The van der Waals surface area contributed by atoms with Gasteiger partial charge >= 0.3 is 0 Å². The molecule has 2 aromatic rings. The van der Waals surface area contributed by atoms with E-state index in [1.54, 1.807) is 11.3 Å². The average molecular weight is 301 g/mol. The Balaban J connectivity index is 2.45. The molecule has 0 aliphatic rings. The molecule has 0 bridgehead atoms. The van der Waals surface area contributed by atoms with Crippen LogP contribution in [0.15, 0.2) is 16.6 Å². The number of benzene rings is 1. The highest BCUT2D eigenvalue weighted by Crippen LogP contribution is 2.33. The Morgan fingerprint density at radius 2 is 2.31 bits per heavy atom. The maximum absolute atomic E-state index is 5.53. The van der Waals surface area contributed by atoms with Crippen LogP contribution in [0.1, 0.15) is 11.9 Å². The summed E-state index contributed by atoms with van der Waals surface area (Å²) in [5.74, 6) is 0.879. The first-order valence-electron chi connectivity index (χ1n) is 5.16. The molecule has 5 heteroatoms. The van der Waals surface area contributed by atoms with E-state index in [-0.39, 0.29) is 0 Å². The summed E-state index contributed by atoms with van der Waals surface area (Å²) in [6.07, 6.45) is 0.829. The molecule has 16 heavy (non-hydrogen) atoms. The van der Waals surface area contributed by atoms with E-state index >= 15 is 0 Å². The van der Waals surface area contributed by atoms with Crippen molar-refractivity contribution in [3.05, 3.63) is 21.6 Å². The van der Waals surface area contributed by atoms with Crippen LogP contribution in [-0.2, 0) is 6.42 Å². The van der Waals surface area contributed by atoms with Gasteiger partial charge in [-0.3, -0.25) is 0 Å². The van der Waals surface area contributed by atoms with Crippen LogP contribution < -0.4 is 10.5 Å². The first kappa shape index (κ1) is 11.8. The molecule has 1 aromatic heterocycles. The molecule has 0 radical (unpaired) electrons. The van der Waals surface area contributed by atoms with E-state index in [0.717, 1.165) is 31.9 Å². The van der Waals surface area contributed by atoms with Gasteiger partial charge in [0.25, 0.3) is 0 Å². The van der Waals surface area contributed by atoms with Crippen LogP contribution in [0.5, 0.6) is 5.75 Å². The van der Waals surface area contributed by atoms with Crippen LogP contribution >= 0.6 is 27.3 Å². The zero-order valence-electron chi connectivity index (χ0n) is 9.00. The van der Waals surface area contributed by atoms with Gasteiger partial charge in [0.05, 0.1) is 21.8 Å². The molecule has 0 amide bonds. The molecule has 0 spiro atoms. The van der Waals surface area contributed by atoms with E-state index in [2.05, 4.69) is 20.9 Å². The Kier molecular flexibility index (Phi) is 3.78. The summed E-state index contributed by atoms with van der Waals surface area (Å²) in [6, 6.07) is 3.99. The second kappa shape index (κ2) is 5.12. The standard InChI is InChI=1S/C11H13BrN2OS/c1-2-15-7-5-8(12)11-9(6-7)16-10(14-11)3-4-13/h5-6H,2-4,13H2,1H3. The maximum Gasteiger partial charge on any atom is 0.121 e. The van der Waals surface area contributed by atoms with Crippen molar-refractivity contribution >= 4 is 37.5 Å². The summed E-state index contributed by atoms with van der Waals surface area (Å²) in [6.45, 7) is 3.28. The highest BCUT2D eigenvalue weighted by Gasteiger charge is 2.08. The van der Waals surface area contributed by atoms with Crippen LogP contribution in [0.2, 0.25) is 0 Å². The van der Waals surface area contributed by atoms with Crippen LogP contribution in [0.4, 0.5) is 0 Å². The van der Waals surface area contributed by atoms with E-state index in [4.69, 9.17) is 10.5 Å². The molecule has 1 aromatic carbocycles. The minimum Gasteiger partial charge on any atom is -0.494 e. The molecule has 86 valence electrons. The number of thiazole rings is 1. The van der Waals surface area contributed by atoms with Crippen LogP contribution in [-0.4, -0.2) is 18.1 Å². The Morgan fingerprint density at radius 1 is 1.50 bits per heavy atom. The van der Waals surface area contributed by atoms with Crippen LogP contribution in [0.25, 0.3) is 10.2 Å². The van der Waals surface area contributed by atoms with Gasteiger partial charge in [0, 0.05) is 10.9 Å². The lowest BCUT2D eigenvalue weighted by Crippen LogP contribution is -2.01. The number of nitrogens with zero attached hydrogens (tertiary/aromatic N) is 1. The average Bonchev–Trinajstić information content (AvgIpc) is 2.62. The van der Waals surface area contributed by atoms with Gasteiger partial charge < -0.3 is 10.5 Å². The summed E-state index contributed by atoms with van der Waals surface area (Å²) in [7, 11) is 0. The fraction of sp³-hybridized carbons (Fsp3) is 0.364. The molecule has 1 heterocycles. The molecule has 0 unspecified atom stereocenters. The van der Waals surface area contributed by atoms with E-state index in [1.807, 2.05) is 19.1 Å². The van der Waals surface area contributed by atoms with Gasteiger partial charge in [-0.2, -0.15) is 0 Å². The normalized spacial score (nSPS) is 10.9. The molecule has 0 aliphatic carbocycles. The summed E-state index contributed by atoms with van der Waals surface area (Å²) in [5.41, 5.74) is 6.53. The van der Waals surface area contributed by atoms with Gasteiger partial charge in [-0.25, -0.2) is 4.98 Å². The molecule has 0 atom stereocenters. The summed E-state index contributed by atoms with van der Waals surface area (Å²) in [4.78, 5) is 4.54. The largest absolute Gasteiger partial charge is 0.494 e. The van der Waals surface area contributed by atoms with Crippen molar-refractivity contribution in [3.63, 3.8) is 0 Å². The Hall–Kier alpha value is -0.650. The molecule has 0 fully saturated rings. The van der Waals surface area contributed by atoms with E-state index in [9.17, 15) is 0 Å². The third kappa shape index (κ3) is 2.36. The first-order valence-corrected chi connectivity index (χ1v) is 6.77. The van der Waals surface area contributed by atoms with Gasteiger partial charge in [0.15, 0.2) is 0 Å². The van der Waals surface area contributed by atoms with E-state index in [1.165, 1.54) is 0 Å². The topological polar surface area (TPSA) is 48.1 Å². The highest BCUT2D eigenvalue weighted by atomic mass is 79.9. The van der Waals surface area contributed by atoms with Gasteiger partial charge in [-0.1, -0.05) is 0 Å². The molecule has 0 saturated carbocycles. The predicted octanol–water partition coefficient (Wildman–Crippen LogP) is 2.96. The van der Waals surface area contributed by atoms with E-state index in [0.29, 0.717) is 13.2 Å². The number of nitrogens with two attached hydrogens (primary N) is 1. The van der Waals surface area contributed by atoms with Crippen molar-refractivity contribution in [1.29, 1.82) is 0 Å². The van der Waals surface area contributed by atoms with Gasteiger partial charge in [-0.15, -0.1) is 11.3 Å². The number of halogens is 1. The fourth-order valence-corrected chi connectivity index (χ4v) is 3.19. The Labute approximate surface area is 107 Å². The smallest absolute Gasteiger partial charge is 0.121 e. The Bertz CT molecular complexity index is 498. The summed E-state index contributed by atoms with van der Waals surface area (Å²) < 4.78 is 7.61. The third-order valence-electron chi connectivity index (χ3n) is 2.14.